The molecular formula is C28H26Cl3NO6. The van der Waals surface area contributed by atoms with E-state index in [0.29, 0.717) is 12.2 Å². The van der Waals surface area contributed by atoms with Gasteiger partial charge in [-0.15, -0.1) is 0 Å². The van der Waals surface area contributed by atoms with E-state index in [2.05, 4.69) is 0 Å². The monoisotopic (exact) mass is 577 g/mol. The van der Waals surface area contributed by atoms with Crippen molar-refractivity contribution in [3.8, 4) is 0 Å². The van der Waals surface area contributed by atoms with Gasteiger partial charge in [-0.05, 0) is 23.3 Å². The van der Waals surface area contributed by atoms with E-state index in [1.54, 1.807) is 30.3 Å². The van der Waals surface area contributed by atoms with Gasteiger partial charge in [0.15, 0.2) is 6.10 Å². The Hall–Kier alpha value is -2.65. The van der Waals surface area contributed by atoms with Gasteiger partial charge in [0.1, 0.15) is 12.2 Å². The number of esters is 1. The highest BCUT2D eigenvalue weighted by molar-refractivity contribution is 6.76. The Morgan fingerprint density at radius 3 is 1.92 bits per heavy atom. The van der Waals surface area contributed by atoms with Crippen LogP contribution in [0.15, 0.2) is 91.0 Å². The fourth-order valence-corrected chi connectivity index (χ4v) is 3.96. The highest BCUT2D eigenvalue weighted by Gasteiger charge is 2.51. The van der Waals surface area contributed by atoms with Crippen LogP contribution >= 0.6 is 34.8 Å². The van der Waals surface area contributed by atoms with Gasteiger partial charge in [-0.1, -0.05) is 114 Å². The molecule has 0 bridgehead atoms. The molecule has 0 unspecified atom stereocenters. The predicted octanol–water partition coefficient (Wildman–Crippen LogP) is 6.10. The molecule has 1 aliphatic rings. The van der Waals surface area contributed by atoms with E-state index < -0.39 is 40.3 Å². The van der Waals surface area contributed by atoms with Crippen LogP contribution in [0.25, 0.3) is 0 Å². The van der Waals surface area contributed by atoms with Crippen molar-refractivity contribution in [2.75, 3.05) is 6.61 Å². The van der Waals surface area contributed by atoms with Gasteiger partial charge in [-0.3, -0.25) is 5.41 Å². The fourth-order valence-electron chi connectivity index (χ4n) is 3.83. The average Bonchev–Trinajstić information content (AvgIpc) is 3.23. The van der Waals surface area contributed by atoms with Crippen LogP contribution in [-0.4, -0.2) is 46.9 Å². The Kier molecular flexibility index (Phi) is 10.0. The van der Waals surface area contributed by atoms with Gasteiger partial charge in [0, 0.05) is 0 Å². The largest absolute Gasteiger partial charge is 0.449 e. The molecule has 0 aromatic heterocycles. The smallest absolute Gasteiger partial charge is 0.338 e. The van der Waals surface area contributed by atoms with Crippen molar-refractivity contribution < 1.29 is 28.5 Å². The zero-order valence-corrected chi connectivity index (χ0v) is 22.4. The van der Waals surface area contributed by atoms with Crippen LogP contribution in [0.1, 0.15) is 21.5 Å². The zero-order chi connectivity index (χ0) is 27.0. The summed E-state index contributed by atoms with van der Waals surface area (Å²) in [6.07, 6.45) is -3.91. The molecule has 1 saturated heterocycles. The maximum atomic E-state index is 13.0. The molecule has 38 heavy (non-hydrogen) atoms. The van der Waals surface area contributed by atoms with Crippen LogP contribution in [0.2, 0.25) is 0 Å². The molecule has 0 radical (unpaired) electrons. The highest BCUT2D eigenvalue weighted by atomic mass is 35.6. The molecule has 0 aliphatic carbocycles. The Morgan fingerprint density at radius 1 is 0.789 bits per heavy atom. The van der Waals surface area contributed by atoms with Crippen molar-refractivity contribution in [2.24, 2.45) is 0 Å². The lowest BCUT2D eigenvalue weighted by molar-refractivity contribution is -0.132. The molecule has 200 valence electrons. The number of carbonyl (C=O) groups excluding carboxylic acids is 1. The number of nitrogens with one attached hydrogen (secondary N) is 1. The maximum absolute atomic E-state index is 13.0. The minimum atomic E-state index is -2.14. The second kappa shape index (κ2) is 13.4. The number of hydrogen-bond acceptors (Lipinski definition) is 7. The first-order chi connectivity index (χ1) is 18.3. The summed E-state index contributed by atoms with van der Waals surface area (Å²) < 4.78 is 27.4. The Balaban J connectivity index is 1.56. The lowest BCUT2D eigenvalue weighted by atomic mass is 10.1. The van der Waals surface area contributed by atoms with Crippen LogP contribution in [0.4, 0.5) is 0 Å². The lowest BCUT2D eigenvalue weighted by Gasteiger charge is -2.25. The van der Waals surface area contributed by atoms with Gasteiger partial charge < -0.3 is 23.7 Å². The van der Waals surface area contributed by atoms with E-state index in [-0.39, 0.29) is 13.2 Å². The Labute approximate surface area is 236 Å². The van der Waals surface area contributed by atoms with Crippen LogP contribution in [-0.2, 0) is 36.9 Å². The fraction of sp³-hybridized carbons (Fsp3) is 0.286. The Bertz CT molecular complexity index is 1180. The van der Waals surface area contributed by atoms with Crippen molar-refractivity contribution in [3.63, 3.8) is 0 Å². The standard InChI is InChI=1S/C28H26Cl3NO6/c29-28(30,31)27(32)38-26-24(37-25(33)21-14-8-3-9-15-21)23(35-17-20-12-6-2-7-13-20)22(36-26)18-34-16-19-10-4-1-5-11-19/h1-15,22-24,26,32H,16-18H2/t22-,23-,24+,26-/m1/s1. The number of rotatable bonds is 10. The van der Waals surface area contributed by atoms with Crippen molar-refractivity contribution in [2.45, 2.75) is 41.6 Å². The maximum Gasteiger partial charge on any atom is 0.338 e. The van der Waals surface area contributed by atoms with Crippen molar-refractivity contribution >= 4 is 46.7 Å². The quantitative estimate of drug-likeness (QED) is 0.135. The van der Waals surface area contributed by atoms with Gasteiger partial charge >= 0.3 is 5.97 Å². The molecule has 0 amide bonds. The van der Waals surface area contributed by atoms with E-state index in [0.717, 1.165) is 11.1 Å². The second-order valence-electron chi connectivity index (χ2n) is 8.49. The van der Waals surface area contributed by atoms with Gasteiger partial charge in [-0.2, -0.15) is 0 Å². The SMILES string of the molecule is N=C(O[C@H]1O[C@H](COCc2ccccc2)[C@@H](OCc2ccccc2)[C@@H]1OC(=O)c1ccccc1)C(Cl)(Cl)Cl. The molecule has 1 heterocycles. The van der Waals surface area contributed by atoms with Gasteiger partial charge in [-0.25, -0.2) is 4.79 Å². The average molecular weight is 579 g/mol. The molecule has 0 saturated carbocycles. The summed E-state index contributed by atoms with van der Waals surface area (Å²) in [5.74, 6) is -1.30. The first-order valence-electron chi connectivity index (χ1n) is 11.8. The molecule has 3 aromatic rings. The van der Waals surface area contributed by atoms with E-state index in [9.17, 15) is 4.79 Å². The molecule has 4 atom stereocenters. The van der Waals surface area contributed by atoms with Gasteiger partial charge in [0.2, 0.25) is 12.2 Å². The first kappa shape index (κ1) is 28.4. The van der Waals surface area contributed by atoms with Crippen LogP contribution < -0.4 is 0 Å². The van der Waals surface area contributed by atoms with Crippen molar-refractivity contribution in [1.82, 2.24) is 0 Å². The molecule has 0 spiro atoms. The third-order valence-electron chi connectivity index (χ3n) is 5.69. The summed E-state index contributed by atoms with van der Waals surface area (Å²) in [7, 11) is 0. The minimum Gasteiger partial charge on any atom is -0.449 e. The molecule has 3 aromatic carbocycles. The van der Waals surface area contributed by atoms with E-state index in [1.165, 1.54) is 0 Å². The number of alkyl halides is 3. The Morgan fingerprint density at radius 2 is 1.34 bits per heavy atom. The molecule has 1 aliphatic heterocycles. The van der Waals surface area contributed by atoms with Crippen molar-refractivity contribution in [3.05, 3.63) is 108 Å². The summed E-state index contributed by atoms with van der Waals surface area (Å²) in [5.41, 5.74) is 2.21. The number of hydrogen-bond donors (Lipinski definition) is 1. The van der Waals surface area contributed by atoms with Gasteiger partial charge in [0.05, 0.1) is 25.4 Å². The zero-order valence-electron chi connectivity index (χ0n) is 20.2. The van der Waals surface area contributed by atoms with E-state index in [4.69, 9.17) is 63.9 Å². The second-order valence-corrected chi connectivity index (χ2v) is 10.8. The first-order valence-corrected chi connectivity index (χ1v) is 13.0. The number of carbonyl (C=O) groups is 1. The molecule has 1 N–H and O–H groups in total. The number of benzene rings is 3. The normalized spacial score (nSPS) is 21.1. The topological polar surface area (TPSA) is 87.1 Å². The molecular weight excluding hydrogens is 553 g/mol. The number of halogens is 3. The van der Waals surface area contributed by atoms with Gasteiger partial charge in [0.25, 0.3) is 3.79 Å². The third kappa shape index (κ3) is 7.93. The third-order valence-corrected chi connectivity index (χ3v) is 6.21. The molecule has 10 heteroatoms. The molecule has 4 rings (SSSR count). The lowest BCUT2D eigenvalue weighted by Crippen LogP contribution is -2.42. The van der Waals surface area contributed by atoms with E-state index in [1.807, 2.05) is 60.7 Å². The van der Waals surface area contributed by atoms with Crippen LogP contribution in [0.5, 0.6) is 0 Å². The van der Waals surface area contributed by atoms with E-state index >= 15 is 0 Å². The minimum absolute atomic E-state index is 0.0920. The van der Waals surface area contributed by atoms with Crippen LogP contribution in [0.3, 0.4) is 0 Å². The van der Waals surface area contributed by atoms with Crippen LogP contribution in [0, 0.1) is 5.41 Å². The summed E-state index contributed by atoms with van der Waals surface area (Å²) in [6.45, 7) is 0.628. The highest BCUT2D eigenvalue weighted by Crippen LogP contribution is 2.34. The summed E-state index contributed by atoms with van der Waals surface area (Å²) in [4.78, 5) is 13.0. The molecule has 1 fully saturated rings. The molecule has 7 nitrogen and oxygen atoms in total. The number of ether oxygens (including phenoxy) is 5. The predicted molar refractivity (Wildman–Crippen MR) is 145 cm³/mol. The summed E-state index contributed by atoms with van der Waals surface area (Å²) in [6, 6.07) is 27.6. The summed E-state index contributed by atoms with van der Waals surface area (Å²) in [5, 5.41) is 8.05. The van der Waals surface area contributed by atoms with Crippen molar-refractivity contribution in [1.29, 1.82) is 5.41 Å². The summed E-state index contributed by atoms with van der Waals surface area (Å²) >= 11 is 17.5.